The summed E-state index contributed by atoms with van der Waals surface area (Å²) in [4.78, 5) is 15.0. The fourth-order valence-corrected chi connectivity index (χ4v) is 3.51. The van der Waals surface area contributed by atoms with E-state index in [0.29, 0.717) is 0 Å². The molecule has 0 aromatic heterocycles. The zero-order chi connectivity index (χ0) is 17.2. The predicted octanol–water partition coefficient (Wildman–Crippen LogP) is 4.34. The Balaban J connectivity index is 1.85. The number of nitrogens with zero attached hydrogens (tertiary/aromatic N) is 1. The molecule has 0 bridgehead atoms. The Morgan fingerprint density at radius 1 is 1.08 bits per heavy atom. The number of nitrogens with one attached hydrogen (secondary N) is 1. The summed E-state index contributed by atoms with van der Waals surface area (Å²) in [6.07, 6.45) is 3.50. The van der Waals surface area contributed by atoms with E-state index >= 15 is 0 Å². The van der Waals surface area contributed by atoms with Gasteiger partial charge in [0, 0.05) is 25.5 Å². The van der Waals surface area contributed by atoms with E-state index in [4.69, 9.17) is 0 Å². The second kappa shape index (κ2) is 6.63. The van der Waals surface area contributed by atoms with E-state index in [9.17, 15) is 9.18 Å². The van der Waals surface area contributed by atoms with Crippen LogP contribution in [0.15, 0.2) is 48.5 Å². The van der Waals surface area contributed by atoms with Gasteiger partial charge >= 0.3 is 0 Å². The van der Waals surface area contributed by atoms with Gasteiger partial charge in [0.25, 0.3) is 0 Å². The lowest BCUT2D eigenvalue weighted by Gasteiger charge is -2.28. The molecule has 0 heterocycles. The monoisotopic (exact) mass is 326 g/mol. The zero-order valence-electron chi connectivity index (χ0n) is 14.2. The molecular weight excluding hydrogens is 303 g/mol. The summed E-state index contributed by atoms with van der Waals surface area (Å²) in [7, 11) is 3.95. The van der Waals surface area contributed by atoms with Gasteiger partial charge in [0.15, 0.2) is 0 Å². The number of hydrogen-bond donors (Lipinski definition) is 1. The average molecular weight is 326 g/mol. The minimum Gasteiger partial charge on any atom is -0.378 e. The molecule has 1 fully saturated rings. The van der Waals surface area contributed by atoms with Gasteiger partial charge in [0.05, 0.1) is 5.41 Å². The maximum Gasteiger partial charge on any atom is 0.235 e. The van der Waals surface area contributed by atoms with Crippen LogP contribution in [0.1, 0.15) is 31.2 Å². The summed E-state index contributed by atoms with van der Waals surface area (Å²) in [5.74, 6) is -0.329. The molecule has 24 heavy (non-hydrogen) atoms. The highest BCUT2D eigenvalue weighted by Crippen LogP contribution is 2.42. The number of anilines is 2. The van der Waals surface area contributed by atoms with E-state index in [1.807, 2.05) is 49.3 Å². The number of hydrogen-bond acceptors (Lipinski definition) is 2. The molecule has 3 nitrogen and oxygen atoms in total. The molecular formula is C20H23FN2O. The fraction of sp³-hybridized carbons (Fsp3) is 0.350. The summed E-state index contributed by atoms with van der Waals surface area (Å²) in [5, 5.41) is 3.03. The molecule has 1 saturated carbocycles. The van der Waals surface area contributed by atoms with Crippen LogP contribution in [0.25, 0.3) is 0 Å². The molecule has 1 aliphatic rings. The molecule has 4 heteroatoms. The van der Waals surface area contributed by atoms with Crippen molar-refractivity contribution in [1.29, 1.82) is 0 Å². The number of amides is 1. The van der Waals surface area contributed by atoms with Crippen LogP contribution in [0.4, 0.5) is 15.8 Å². The van der Waals surface area contributed by atoms with Crippen LogP contribution in [0.3, 0.4) is 0 Å². The number of carbonyl (C=O) groups excluding carboxylic acids is 1. The summed E-state index contributed by atoms with van der Waals surface area (Å²) in [6, 6.07) is 14.2. The predicted molar refractivity (Wildman–Crippen MR) is 95.9 cm³/mol. The Bertz CT molecular complexity index is 719. The number of halogens is 1. The van der Waals surface area contributed by atoms with Crippen LogP contribution in [0.5, 0.6) is 0 Å². The lowest BCUT2D eigenvalue weighted by Crippen LogP contribution is -2.38. The first-order valence-corrected chi connectivity index (χ1v) is 8.36. The summed E-state index contributed by atoms with van der Waals surface area (Å²) in [5.41, 5.74) is 2.01. The molecule has 0 radical (unpaired) electrons. The lowest BCUT2D eigenvalue weighted by molar-refractivity contribution is -0.121. The summed E-state index contributed by atoms with van der Waals surface area (Å²) < 4.78 is 13.7. The Hall–Kier alpha value is -2.36. The molecule has 1 amide bonds. The van der Waals surface area contributed by atoms with Crippen LogP contribution in [0, 0.1) is 5.82 Å². The van der Waals surface area contributed by atoms with E-state index in [1.54, 1.807) is 6.07 Å². The molecule has 0 saturated heterocycles. The van der Waals surface area contributed by atoms with Crippen LogP contribution in [-0.4, -0.2) is 20.0 Å². The third kappa shape index (κ3) is 3.14. The van der Waals surface area contributed by atoms with Crippen molar-refractivity contribution in [2.75, 3.05) is 24.3 Å². The van der Waals surface area contributed by atoms with Crippen molar-refractivity contribution in [2.24, 2.45) is 0 Å². The second-order valence-electron chi connectivity index (χ2n) is 6.69. The van der Waals surface area contributed by atoms with Crippen molar-refractivity contribution < 1.29 is 9.18 Å². The van der Waals surface area contributed by atoms with Gasteiger partial charge in [-0.25, -0.2) is 4.39 Å². The molecule has 2 aromatic rings. The highest BCUT2D eigenvalue weighted by molar-refractivity contribution is 5.99. The second-order valence-corrected chi connectivity index (χ2v) is 6.69. The van der Waals surface area contributed by atoms with Gasteiger partial charge in [0.2, 0.25) is 5.91 Å². The van der Waals surface area contributed by atoms with Gasteiger partial charge in [-0.05, 0) is 54.8 Å². The summed E-state index contributed by atoms with van der Waals surface area (Å²) in [6.45, 7) is 0. The van der Waals surface area contributed by atoms with Gasteiger partial charge < -0.3 is 10.2 Å². The van der Waals surface area contributed by atoms with Crippen molar-refractivity contribution in [3.63, 3.8) is 0 Å². The maximum absolute atomic E-state index is 13.7. The first-order chi connectivity index (χ1) is 11.5. The van der Waals surface area contributed by atoms with Gasteiger partial charge in [-0.2, -0.15) is 0 Å². The Morgan fingerprint density at radius 2 is 1.75 bits per heavy atom. The third-order valence-corrected chi connectivity index (χ3v) is 4.91. The largest absolute Gasteiger partial charge is 0.378 e. The third-order valence-electron chi connectivity index (χ3n) is 4.91. The van der Waals surface area contributed by atoms with Crippen molar-refractivity contribution in [2.45, 2.75) is 31.1 Å². The van der Waals surface area contributed by atoms with E-state index in [1.165, 1.54) is 12.1 Å². The quantitative estimate of drug-likeness (QED) is 0.906. The molecule has 0 unspecified atom stereocenters. The minimum absolute atomic E-state index is 0.0387. The smallest absolute Gasteiger partial charge is 0.235 e. The van der Waals surface area contributed by atoms with Crippen molar-refractivity contribution in [1.82, 2.24) is 0 Å². The fourth-order valence-electron chi connectivity index (χ4n) is 3.51. The number of rotatable bonds is 4. The first-order valence-electron chi connectivity index (χ1n) is 8.36. The van der Waals surface area contributed by atoms with Gasteiger partial charge in [0.1, 0.15) is 5.82 Å². The van der Waals surface area contributed by atoms with Crippen molar-refractivity contribution in [3.05, 3.63) is 59.9 Å². The van der Waals surface area contributed by atoms with Crippen molar-refractivity contribution >= 4 is 17.3 Å². The average Bonchev–Trinajstić information content (AvgIpc) is 3.06. The Labute approximate surface area is 142 Å². The first kappa shape index (κ1) is 16.5. The van der Waals surface area contributed by atoms with Gasteiger partial charge in [-0.3, -0.25) is 4.79 Å². The molecule has 0 spiro atoms. The number of benzene rings is 2. The molecule has 0 atom stereocenters. The Kier molecular flexibility index (Phi) is 4.56. The topological polar surface area (TPSA) is 32.3 Å². The van der Waals surface area contributed by atoms with Gasteiger partial charge in [-0.1, -0.05) is 25.0 Å². The maximum atomic E-state index is 13.7. The molecule has 3 rings (SSSR count). The molecule has 0 aliphatic heterocycles. The number of carbonyl (C=O) groups is 1. The lowest BCUT2D eigenvalue weighted by atomic mass is 9.78. The van der Waals surface area contributed by atoms with Crippen molar-refractivity contribution in [3.8, 4) is 0 Å². The van der Waals surface area contributed by atoms with Crippen LogP contribution in [0.2, 0.25) is 0 Å². The Morgan fingerprint density at radius 3 is 2.33 bits per heavy atom. The van der Waals surface area contributed by atoms with Gasteiger partial charge in [-0.15, -0.1) is 0 Å². The van der Waals surface area contributed by atoms with Crippen LogP contribution >= 0.6 is 0 Å². The SMILES string of the molecule is CN(C)c1ccc(NC(=O)C2(c3cccc(F)c3)CCCC2)cc1. The highest BCUT2D eigenvalue weighted by Gasteiger charge is 2.42. The molecule has 126 valence electrons. The molecule has 1 N–H and O–H groups in total. The molecule has 1 aliphatic carbocycles. The van der Waals surface area contributed by atoms with E-state index in [-0.39, 0.29) is 11.7 Å². The van der Waals surface area contributed by atoms with E-state index in [2.05, 4.69) is 5.32 Å². The highest BCUT2D eigenvalue weighted by atomic mass is 19.1. The minimum atomic E-state index is -0.623. The van der Waals surface area contributed by atoms with E-state index < -0.39 is 5.41 Å². The zero-order valence-corrected chi connectivity index (χ0v) is 14.2. The normalized spacial score (nSPS) is 16.0. The van der Waals surface area contributed by atoms with Crippen LogP contribution in [-0.2, 0) is 10.2 Å². The van der Waals surface area contributed by atoms with Crippen LogP contribution < -0.4 is 10.2 Å². The summed E-state index contributed by atoms with van der Waals surface area (Å²) >= 11 is 0. The molecule has 2 aromatic carbocycles. The standard InChI is InChI=1S/C20H23FN2O/c1-23(2)18-10-8-17(9-11-18)22-19(24)20(12-3-4-13-20)15-6-5-7-16(21)14-15/h5-11,14H,3-4,12-13H2,1-2H3,(H,22,24). The van der Waals surface area contributed by atoms with E-state index in [0.717, 1.165) is 42.6 Å².